The first-order chi connectivity index (χ1) is 9.24. The average molecular weight is 314 g/mol. The first-order valence-corrected chi connectivity index (χ1v) is 8.32. The predicted molar refractivity (Wildman–Crippen MR) is 65.6 cm³/mol. The molecule has 0 amide bonds. The first-order valence-electron chi connectivity index (χ1n) is 6.00. The minimum absolute atomic E-state index is 0.0261. The summed E-state index contributed by atoms with van der Waals surface area (Å²) in [5, 5.41) is 0. The summed E-state index contributed by atoms with van der Waals surface area (Å²) < 4.78 is 76.8. The van der Waals surface area contributed by atoms with E-state index in [1.807, 2.05) is 0 Å². The molecular formula is C12H15F5O2Si. The van der Waals surface area contributed by atoms with Gasteiger partial charge in [-0.3, -0.25) is 0 Å². The summed E-state index contributed by atoms with van der Waals surface area (Å²) in [6, 6.07) is 1.20. The van der Waals surface area contributed by atoms with Crippen molar-refractivity contribution in [3.05, 3.63) is 29.6 Å². The van der Waals surface area contributed by atoms with E-state index in [0.29, 0.717) is 12.1 Å². The Morgan fingerprint density at radius 3 is 2.05 bits per heavy atom. The molecule has 2 nitrogen and oxygen atoms in total. The molecule has 0 spiro atoms. The maximum absolute atomic E-state index is 14.2. The molecule has 1 aromatic carbocycles. The van der Waals surface area contributed by atoms with E-state index in [9.17, 15) is 22.0 Å². The molecular weight excluding hydrogens is 299 g/mol. The highest BCUT2D eigenvalue weighted by atomic mass is 28.4. The number of benzene rings is 1. The van der Waals surface area contributed by atoms with Crippen molar-refractivity contribution in [1.29, 1.82) is 0 Å². The van der Waals surface area contributed by atoms with Crippen LogP contribution in [0.3, 0.4) is 0 Å². The fourth-order valence-electron chi connectivity index (χ4n) is 1.89. The van der Waals surface area contributed by atoms with E-state index in [1.165, 1.54) is 13.8 Å². The fourth-order valence-corrected chi connectivity index (χ4v) is 4.32. The molecule has 0 aliphatic heterocycles. The monoisotopic (exact) mass is 314 g/mol. The molecule has 1 rings (SSSR count). The number of hydrogen-bond donors (Lipinski definition) is 0. The maximum atomic E-state index is 14.2. The molecule has 0 heterocycles. The molecule has 0 bridgehead atoms. The van der Waals surface area contributed by atoms with Crippen LogP contribution in [0.2, 0.25) is 12.1 Å². The van der Waals surface area contributed by atoms with Crippen molar-refractivity contribution >= 4 is 8.32 Å². The summed E-state index contributed by atoms with van der Waals surface area (Å²) >= 11 is 0. The SMILES string of the molecule is CC[Si](CC)(OC)C(F)(F)Oc1ccc(F)c(F)c1F. The highest BCUT2D eigenvalue weighted by Crippen LogP contribution is 2.37. The Balaban J connectivity index is 3.16. The van der Waals surface area contributed by atoms with Crippen LogP contribution in [0.15, 0.2) is 12.1 Å². The summed E-state index contributed by atoms with van der Waals surface area (Å²) in [6.07, 6.45) is 0. The van der Waals surface area contributed by atoms with Crippen LogP contribution in [0.25, 0.3) is 0 Å². The molecule has 0 fully saturated rings. The first kappa shape index (κ1) is 16.9. The van der Waals surface area contributed by atoms with Crippen molar-refractivity contribution in [2.45, 2.75) is 31.7 Å². The van der Waals surface area contributed by atoms with Crippen LogP contribution in [-0.2, 0) is 4.43 Å². The average Bonchev–Trinajstić information content (AvgIpc) is 2.42. The molecule has 8 heteroatoms. The third-order valence-corrected chi connectivity index (χ3v) is 7.53. The van der Waals surface area contributed by atoms with Crippen LogP contribution >= 0.6 is 0 Å². The lowest BCUT2D eigenvalue weighted by Gasteiger charge is -2.34. The van der Waals surface area contributed by atoms with Gasteiger partial charge in [-0.2, -0.15) is 13.2 Å². The zero-order chi connectivity index (χ0) is 15.6. The van der Waals surface area contributed by atoms with E-state index in [4.69, 9.17) is 4.43 Å². The largest absolute Gasteiger partial charge is 0.431 e. The molecule has 0 saturated heterocycles. The molecule has 0 radical (unpaired) electrons. The maximum Gasteiger partial charge on any atom is 0.395 e. The number of ether oxygens (including phenoxy) is 1. The van der Waals surface area contributed by atoms with Crippen molar-refractivity contribution in [3.8, 4) is 5.75 Å². The van der Waals surface area contributed by atoms with Gasteiger partial charge in [0.2, 0.25) is 5.82 Å². The molecule has 0 aliphatic rings. The van der Waals surface area contributed by atoms with Gasteiger partial charge >= 0.3 is 14.0 Å². The smallest absolute Gasteiger partial charge is 0.395 e. The zero-order valence-corrected chi connectivity index (χ0v) is 12.3. The molecule has 1 aromatic rings. The van der Waals surface area contributed by atoms with Gasteiger partial charge in [0, 0.05) is 7.11 Å². The lowest BCUT2D eigenvalue weighted by atomic mass is 10.3. The Kier molecular flexibility index (Phi) is 5.14. The number of halogens is 5. The van der Waals surface area contributed by atoms with Crippen LogP contribution in [0.5, 0.6) is 5.75 Å². The van der Waals surface area contributed by atoms with Gasteiger partial charge in [0.25, 0.3) is 0 Å². The number of rotatable bonds is 6. The number of hydrogen-bond acceptors (Lipinski definition) is 2. The topological polar surface area (TPSA) is 18.5 Å². The van der Waals surface area contributed by atoms with E-state index in [-0.39, 0.29) is 12.1 Å². The Hall–Kier alpha value is -1.15. The summed E-state index contributed by atoms with van der Waals surface area (Å²) in [6.45, 7) is 3.02. The van der Waals surface area contributed by atoms with Gasteiger partial charge in [-0.25, -0.2) is 8.78 Å². The highest BCUT2D eigenvalue weighted by molar-refractivity contribution is 6.75. The second-order valence-corrected chi connectivity index (χ2v) is 8.59. The normalized spacial score (nSPS) is 12.6. The van der Waals surface area contributed by atoms with Crippen LogP contribution in [0.4, 0.5) is 22.0 Å². The molecule has 0 atom stereocenters. The number of alkyl halides is 2. The van der Waals surface area contributed by atoms with Gasteiger partial charge in [-0.1, -0.05) is 13.8 Å². The van der Waals surface area contributed by atoms with E-state index in [2.05, 4.69) is 4.74 Å². The summed E-state index contributed by atoms with van der Waals surface area (Å²) in [4.78, 5) is 0. The lowest BCUT2D eigenvalue weighted by molar-refractivity contribution is -0.125. The molecule has 0 saturated carbocycles. The van der Waals surface area contributed by atoms with E-state index >= 15 is 0 Å². The zero-order valence-electron chi connectivity index (χ0n) is 11.3. The Morgan fingerprint density at radius 2 is 1.60 bits per heavy atom. The Labute approximate surface area is 114 Å². The van der Waals surface area contributed by atoms with Gasteiger partial charge in [0.15, 0.2) is 17.4 Å². The second kappa shape index (κ2) is 6.09. The molecule has 0 N–H and O–H groups in total. The van der Waals surface area contributed by atoms with E-state index in [1.54, 1.807) is 0 Å². The van der Waals surface area contributed by atoms with Gasteiger partial charge < -0.3 is 9.16 Å². The van der Waals surface area contributed by atoms with Gasteiger partial charge in [-0.15, -0.1) is 0 Å². The van der Waals surface area contributed by atoms with Crippen molar-refractivity contribution in [2.24, 2.45) is 0 Å². The molecule has 0 aromatic heterocycles. The van der Waals surface area contributed by atoms with E-state index < -0.39 is 37.3 Å². The van der Waals surface area contributed by atoms with Crippen molar-refractivity contribution in [2.75, 3.05) is 7.11 Å². The second-order valence-electron chi connectivity index (χ2n) is 4.20. The van der Waals surface area contributed by atoms with Crippen LogP contribution in [0, 0.1) is 17.5 Å². The fraction of sp³-hybridized carbons (Fsp3) is 0.500. The van der Waals surface area contributed by atoms with Gasteiger partial charge in [0.1, 0.15) is 0 Å². The summed E-state index contributed by atoms with van der Waals surface area (Å²) in [5.41, 5.74) is -3.77. The summed E-state index contributed by atoms with van der Waals surface area (Å²) in [5.74, 6) is -6.14. The van der Waals surface area contributed by atoms with Crippen molar-refractivity contribution < 1.29 is 31.1 Å². The predicted octanol–water partition coefficient (Wildman–Crippen LogP) is 4.25. The van der Waals surface area contributed by atoms with Gasteiger partial charge in [-0.05, 0) is 24.2 Å². The quantitative estimate of drug-likeness (QED) is 0.444. The highest BCUT2D eigenvalue weighted by Gasteiger charge is 2.58. The third kappa shape index (κ3) is 2.80. The Bertz CT molecular complexity index is 469. The van der Waals surface area contributed by atoms with Crippen LogP contribution in [-0.4, -0.2) is 21.2 Å². The Morgan fingerprint density at radius 1 is 1.05 bits per heavy atom. The third-order valence-electron chi connectivity index (χ3n) is 3.30. The minimum Gasteiger partial charge on any atom is -0.431 e. The summed E-state index contributed by atoms with van der Waals surface area (Å²) in [7, 11) is -2.48. The van der Waals surface area contributed by atoms with Crippen LogP contribution < -0.4 is 4.74 Å². The van der Waals surface area contributed by atoms with Gasteiger partial charge in [0.05, 0.1) is 0 Å². The molecule has 114 valence electrons. The van der Waals surface area contributed by atoms with Crippen molar-refractivity contribution in [1.82, 2.24) is 0 Å². The standard InChI is InChI=1S/C12H15F5O2Si/c1-4-20(5-2,18-3)12(16,17)19-9-7-6-8(13)10(14)11(9)15/h6-7H,4-5H2,1-3H3. The minimum atomic E-state index is -3.77. The molecule has 0 aliphatic carbocycles. The molecule has 0 unspecified atom stereocenters. The van der Waals surface area contributed by atoms with E-state index in [0.717, 1.165) is 7.11 Å². The van der Waals surface area contributed by atoms with Crippen molar-refractivity contribution in [3.63, 3.8) is 0 Å². The molecule has 20 heavy (non-hydrogen) atoms. The van der Waals surface area contributed by atoms with Crippen LogP contribution in [0.1, 0.15) is 13.8 Å². The lowest BCUT2D eigenvalue weighted by Crippen LogP contribution is -2.57.